The van der Waals surface area contributed by atoms with Crippen LogP contribution in [0.4, 0.5) is 4.79 Å². The number of alkyl carbamates (subject to hydrolysis) is 1. The molecule has 0 spiro atoms. The molecule has 1 fully saturated rings. The molecule has 1 aromatic carbocycles. The summed E-state index contributed by atoms with van der Waals surface area (Å²) in [7, 11) is 1.80. The zero-order valence-corrected chi connectivity index (χ0v) is 17.2. The summed E-state index contributed by atoms with van der Waals surface area (Å²) in [6.07, 6.45) is -1.03. The van der Waals surface area contributed by atoms with Crippen LogP contribution in [-0.2, 0) is 16.1 Å². The van der Waals surface area contributed by atoms with Crippen molar-refractivity contribution in [2.75, 3.05) is 20.2 Å². The first-order chi connectivity index (χ1) is 13.8. The Morgan fingerprint density at radius 2 is 2.07 bits per heavy atom. The molecule has 2 amide bonds. The average Bonchev–Trinajstić information content (AvgIpc) is 3.02. The number of amides is 2. The Balaban J connectivity index is 2.00. The first kappa shape index (κ1) is 22.7. The van der Waals surface area contributed by atoms with Gasteiger partial charge in [-0.25, -0.2) is 4.79 Å². The van der Waals surface area contributed by atoms with E-state index in [9.17, 15) is 20.0 Å². The monoisotopic (exact) mass is 402 g/mol. The molecule has 0 radical (unpaired) electrons. The van der Waals surface area contributed by atoms with Gasteiger partial charge < -0.3 is 20.5 Å². The minimum atomic E-state index is -1.11. The summed E-state index contributed by atoms with van der Waals surface area (Å²) < 4.78 is 5.39. The van der Waals surface area contributed by atoms with Gasteiger partial charge in [-0.15, -0.1) is 0 Å². The van der Waals surface area contributed by atoms with Crippen molar-refractivity contribution < 1.29 is 19.4 Å². The van der Waals surface area contributed by atoms with Crippen LogP contribution in [0.2, 0.25) is 0 Å². The number of likely N-dealkylation sites (tertiary alicyclic amines) is 1. The molecule has 2 unspecified atom stereocenters. The van der Waals surface area contributed by atoms with Crippen molar-refractivity contribution in [1.29, 1.82) is 5.26 Å². The largest absolute Gasteiger partial charge is 0.436 e. The third-order valence-electron chi connectivity index (χ3n) is 5.02. The highest BCUT2D eigenvalue weighted by molar-refractivity contribution is 5.84. The zero-order chi connectivity index (χ0) is 21.4. The van der Waals surface area contributed by atoms with E-state index >= 15 is 0 Å². The van der Waals surface area contributed by atoms with Crippen molar-refractivity contribution in [2.45, 2.75) is 50.9 Å². The van der Waals surface area contributed by atoms with Crippen LogP contribution >= 0.6 is 0 Å². The van der Waals surface area contributed by atoms with Gasteiger partial charge in [-0.05, 0) is 24.9 Å². The number of carbonyl (C=O) groups excluding carboxylic acids is 2. The number of nitriles is 1. The van der Waals surface area contributed by atoms with Gasteiger partial charge in [-0.3, -0.25) is 9.69 Å². The summed E-state index contributed by atoms with van der Waals surface area (Å²) in [6.45, 7) is 4.35. The number of nitrogens with one attached hydrogen (secondary N) is 2. The topological polar surface area (TPSA) is 115 Å². The fraction of sp³-hybridized carbons (Fsp3) is 0.571. The number of nitrogens with zero attached hydrogens (tertiary/aromatic N) is 2. The van der Waals surface area contributed by atoms with Gasteiger partial charge in [0.05, 0.1) is 12.7 Å². The predicted molar refractivity (Wildman–Crippen MR) is 108 cm³/mol. The van der Waals surface area contributed by atoms with Gasteiger partial charge in [0, 0.05) is 25.6 Å². The molecule has 2 rings (SSSR count). The van der Waals surface area contributed by atoms with E-state index in [0.717, 1.165) is 5.56 Å². The van der Waals surface area contributed by atoms with Crippen molar-refractivity contribution in [3.63, 3.8) is 0 Å². The van der Waals surface area contributed by atoms with E-state index in [2.05, 4.69) is 16.7 Å². The number of rotatable bonds is 8. The van der Waals surface area contributed by atoms with E-state index in [1.54, 1.807) is 7.05 Å². The number of hydrogen-bond donors (Lipinski definition) is 3. The van der Waals surface area contributed by atoms with Gasteiger partial charge in [0.1, 0.15) is 5.54 Å². The first-order valence-corrected chi connectivity index (χ1v) is 9.81. The molecule has 8 heteroatoms. The molecule has 158 valence electrons. The standard InChI is InChI=1S/C21H30N4O4/c1-15(2)9-18(29-20(28)23-11-16-7-5-4-6-8-16)19(27)24-21(13-22)10-17(12-26)25(3)14-21/h4-8,15,17-18,26H,9-12,14H2,1-3H3,(H,23,28)(H,24,27)/t17?,18-,21?/m0/s1. The van der Waals surface area contributed by atoms with Crippen molar-refractivity contribution in [2.24, 2.45) is 5.92 Å². The van der Waals surface area contributed by atoms with E-state index in [1.165, 1.54) is 0 Å². The summed E-state index contributed by atoms with van der Waals surface area (Å²) >= 11 is 0. The number of ether oxygens (including phenoxy) is 1. The van der Waals surface area contributed by atoms with Gasteiger partial charge in [0.2, 0.25) is 0 Å². The lowest BCUT2D eigenvalue weighted by Crippen LogP contribution is -2.53. The number of likely N-dealkylation sites (N-methyl/N-ethyl adjacent to an activating group) is 1. The molecule has 0 aliphatic carbocycles. The fourth-order valence-corrected chi connectivity index (χ4v) is 3.48. The average molecular weight is 402 g/mol. The van der Waals surface area contributed by atoms with Gasteiger partial charge >= 0.3 is 6.09 Å². The first-order valence-electron chi connectivity index (χ1n) is 9.81. The fourth-order valence-electron chi connectivity index (χ4n) is 3.48. The predicted octanol–water partition coefficient (Wildman–Crippen LogP) is 1.40. The number of aliphatic hydroxyl groups excluding tert-OH is 1. The minimum Gasteiger partial charge on any atom is -0.436 e. The SMILES string of the molecule is CC(C)C[C@H](OC(=O)NCc1ccccc1)C(=O)NC1(C#N)CC(CO)N(C)C1. The molecule has 3 N–H and O–H groups in total. The molecule has 1 aliphatic rings. The number of benzene rings is 1. The lowest BCUT2D eigenvalue weighted by Gasteiger charge is -2.26. The van der Waals surface area contributed by atoms with Crippen molar-refractivity contribution in [3.8, 4) is 6.07 Å². The van der Waals surface area contributed by atoms with Gasteiger partial charge in [0.15, 0.2) is 6.10 Å². The van der Waals surface area contributed by atoms with Crippen LogP contribution in [0.3, 0.4) is 0 Å². The smallest absolute Gasteiger partial charge is 0.408 e. The molecule has 3 atom stereocenters. The number of carbonyl (C=O) groups is 2. The van der Waals surface area contributed by atoms with Crippen LogP contribution < -0.4 is 10.6 Å². The molecular formula is C21H30N4O4. The molecule has 0 bridgehead atoms. The quantitative estimate of drug-likeness (QED) is 0.606. The third-order valence-corrected chi connectivity index (χ3v) is 5.02. The van der Waals surface area contributed by atoms with Crippen LogP contribution in [0.15, 0.2) is 30.3 Å². The van der Waals surface area contributed by atoms with Crippen LogP contribution in [-0.4, -0.2) is 59.9 Å². The summed E-state index contributed by atoms with van der Waals surface area (Å²) in [5.74, 6) is -0.385. The molecular weight excluding hydrogens is 372 g/mol. The highest BCUT2D eigenvalue weighted by Gasteiger charge is 2.45. The lowest BCUT2D eigenvalue weighted by molar-refractivity contribution is -0.131. The minimum absolute atomic E-state index is 0.0936. The Labute approximate surface area is 171 Å². The van der Waals surface area contributed by atoms with E-state index in [4.69, 9.17) is 4.74 Å². The summed E-state index contributed by atoms with van der Waals surface area (Å²) in [4.78, 5) is 26.9. The van der Waals surface area contributed by atoms with Crippen LogP contribution in [0, 0.1) is 17.2 Å². The maximum absolute atomic E-state index is 12.9. The van der Waals surface area contributed by atoms with Gasteiger partial charge in [0.25, 0.3) is 5.91 Å². The second-order valence-electron chi connectivity index (χ2n) is 8.00. The maximum Gasteiger partial charge on any atom is 0.408 e. The van der Waals surface area contributed by atoms with E-state index < -0.39 is 23.6 Å². The summed E-state index contributed by atoms with van der Waals surface area (Å²) in [5, 5.41) is 24.5. The van der Waals surface area contributed by atoms with E-state index in [0.29, 0.717) is 25.9 Å². The van der Waals surface area contributed by atoms with E-state index in [-0.39, 0.29) is 18.6 Å². The second-order valence-corrected chi connectivity index (χ2v) is 8.00. The number of hydrogen-bond acceptors (Lipinski definition) is 6. The molecule has 1 saturated heterocycles. The molecule has 1 aromatic rings. The third kappa shape index (κ3) is 6.44. The summed E-state index contributed by atoms with van der Waals surface area (Å²) in [5.41, 5.74) is -0.194. The normalized spacial score (nSPS) is 22.7. The highest BCUT2D eigenvalue weighted by atomic mass is 16.6. The van der Waals surface area contributed by atoms with Crippen LogP contribution in [0.25, 0.3) is 0 Å². The van der Waals surface area contributed by atoms with E-state index in [1.807, 2.05) is 49.1 Å². The van der Waals surface area contributed by atoms with Crippen LogP contribution in [0.5, 0.6) is 0 Å². The van der Waals surface area contributed by atoms with Crippen molar-refractivity contribution >= 4 is 12.0 Å². The Morgan fingerprint density at radius 3 is 2.62 bits per heavy atom. The molecule has 0 aromatic heterocycles. The van der Waals surface area contributed by atoms with Crippen molar-refractivity contribution in [1.82, 2.24) is 15.5 Å². The zero-order valence-electron chi connectivity index (χ0n) is 17.2. The Morgan fingerprint density at radius 1 is 1.38 bits per heavy atom. The molecule has 1 aliphatic heterocycles. The molecule has 1 heterocycles. The van der Waals surface area contributed by atoms with Crippen molar-refractivity contribution in [3.05, 3.63) is 35.9 Å². The number of aliphatic hydroxyl groups is 1. The molecule has 8 nitrogen and oxygen atoms in total. The second kappa shape index (κ2) is 10.2. The lowest BCUT2D eigenvalue weighted by atomic mass is 9.96. The van der Waals surface area contributed by atoms with Crippen LogP contribution in [0.1, 0.15) is 32.3 Å². The Kier molecular flexibility index (Phi) is 8.00. The summed E-state index contributed by atoms with van der Waals surface area (Å²) in [6, 6.07) is 11.4. The highest BCUT2D eigenvalue weighted by Crippen LogP contribution is 2.26. The Hall–Kier alpha value is -2.63. The molecule has 29 heavy (non-hydrogen) atoms. The molecule has 0 saturated carbocycles. The maximum atomic E-state index is 12.9. The Bertz CT molecular complexity index is 734. The van der Waals surface area contributed by atoms with Gasteiger partial charge in [-0.1, -0.05) is 44.2 Å². The van der Waals surface area contributed by atoms with Gasteiger partial charge in [-0.2, -0.15) is 5.26 Å².